The van der Waals surface area contributed by atoms with Gasteiger partial charge in [-0.3, -0.25) is 9.59 Å². The molecule has 110 valence electrons. The van der Waals surface area contributed by atoms with Crippen LogP contribution in [-0.2, 0) is 11.8 Å². The van der Waals surface area contributed by atoms with Gasteiger partial charge in [-0.1, -0.05) is 18.2 Å². The number of fused-ring (bicyclic) bond motifs is 1. The van der Waals surface area contributed by atoms with E-state index in [1.54, 1.807) is 11.8 Å². The Balaban J connectivity index is 1.94. The highest BCUT2D eigenvalue weighted by molar-refractivity contribution is 6.07. The summed E-state index contributed by atoms with van der Waals surface area (Å²) in [6.07, 6.45) is 2.32. The molecule has 1 aromatic carbocycles. The maximum absolute atomic E-state index is 12.7. The molecule has 1 aliphatic rings. The van der Waals surface area contributed by atoms with E-state index in [0.717, 1.165) is 10.9 Å². The molecule has 3 rings (SSSR count). The summed E-state index contributed by atoms with van der Waals surface area (Å²) in [5, 5.41) is 10.2. The van der Waals surface area contributed by atoms with Crippen LogP contribution in [0.2, 0.25) is 0 Å². The third-order valence-corrected chi connectivity index (χ3v) is 4.40. The zero-order valence-corrected chi connectivity index (χ0v) is 12.2. The Labute approximate surface area is 122 Å². The Morgan fingerprint density at radius 2 is 2.00 bits per heavy atom. The molecule has 0 radical (unpaired) electrons. The predicted octanol–water partition coefficient (Wildman–Crippen LogP) is 2.12. The number of amides is 1. The molecule has 2 aromatic rings. The first-order valence-electron chi connectivity index (χ1n) is 6.99. The van der Waals surface area contributed by atoms with Crippen LogP contribution in [0.3, 0.4) is 0 Å². The van der Waals surface area contributed by atoms with Gasteiger partial charge in [0.1, 0.15) is 0 Å². The van der Waals surface area contributed by atoms with Gasteiger partial charge in [0.2, 0.25) is 0 Å². The van der Waals surface area contributed by atoms with Gasteiger partial charge >= 0.3 is 5.97 Å². The summed E-state index contributed by atoms with van der Waals surface area (Å²) in [6, 6.07) is 7.74. The molecule has 0 unspecified atom stereocenters. The SMILES string of the molecule is Cn1cc(C(=O)N2CC[C@@](C)(C(=O)O)C2)c2ccccc21. The second kappa shape index (κ2) is 4.62. The lowest BCUT2D eigenvalue weighted by Crippen LogP contribution is -2.34. The monoisotopic (exact) mass is 286 g/mol. The first-order chi connectivity index (χ1) is 9.92. The normalized spacial score (nSPS) is 21.9. The third-order valence-electron chi connectivity index (χ3n) is 4.40. The van der Waals surface area contributed by atoms with Crippen molar-refractivity contribution in [1.82, 2.24) is 9.47 Å². The van der Waals surface area contributed by atoms with Gasteiger partial charge in [-0.05, 0) is 19.4 Å². The van der Waals surface area contributed by atoms with Gasteiger partial charge < -0.3 is 14.6 Å². The zero-order chi connectivity index (χ0) is 15.2. The number of nitrogens with zero attached hydrogens (tertiary/aromatic N) is 2. The van der Waals surface area contributed by atoms with Crippen LogP contribution in [0.1, 0.15) is 23.7 Å². The number of carbonyl (C=O) groups is 2. The van der Waals surface area contributed by atoms with E-state index in [9.17, 15) is 14.7 Å². The number of aliphatic carboxylic acids is 1. The number of carboxylic acid groups (broad SMARTS) is 1. The van der Waals surface area contributed by atoms with E-state index in [2.05, 4.69) is 0 Å². The molecule has 21 heavy (non-hydrogen) atoms. The second-order valence-corrected chi connectivity index (χ2v) is 6.01. The number of aryl methyl sites for hydroxylation is 1. The number of likely N-dealkylation sites (tertiary alicyclic amines) is 1. The molecule has 1 aliphatic heterocycles. The van der Waals surface area contributed by atoms with Gasteiger partial charge in [0.15, 0.2) is 0 Å². The lowest BCUT2D eigenvalue weighted by Gasteiger charge is -2.20. The molecular formula is C16H18N2O3. The van der Waals surface area contributed by atoms with Gasteiger partial charge in [-0.25, -0.2) is 0 Å². The molecule has 5 heteroatoms. The molecule has 1 aromatic heterocycles. The van der Waals surface area contributed by atoms with Crippen LogP contribution in [0.25, 0.3) is 10.9 Å². The number of rotatable bonds is 2. The highest BCUT2D eigenvalue weighted by Gasteiger charge is 2.42. The fourth-order valence-corrected chi connectivity index (χ4v) is 2.99. The van der Waals surface area contributed by atoms with Gasteiger partial charge in [0.05, 0.1) is 11.0 Å². The largest absolute Gasteiger partial charge is 0.481 e. The van der Waals surface area contributed by atoms with E-state index < -0.39 is 11.4 Å². The summed E-state index contributed by atoms with van der Waals surface area (Å²) in [6.45, 7) is 2.46. The van der Waals surface area contributed by atoms with Crippen molar-refractivity contribution in [3.05, 3.63) is 36.0 Å². The molecule has 0 spiro atoms. The number of benzene rings is 1. The first kappa shape index (κ1) is 13.7. The van der Waals surface area contributed by atoms with Crippen molar-refractivity contribution >= 4 is 22.8 Å². The van der Waals surface area contributed by atoms with Crippen molar-refractivity contribution in [3.63, 3.8) is 0 Å². The van der Waals surface area contributed by atoms with Gasteiger partial charge in [0, 0.05) is 37.2 Å². The third kappa shape index (κ3) is 2.09. The topological polar surface area (TPSA) is 62.5 Å². The van der Waals surface area contributed by atoms with E-state index in [0.29, 0.717) is 18.5 Å². The van der Waals surface area contributed by atoms with Crippen LogP contribution in [0.15, 0.2) is 30.5 Å². The van der Waals surface area contributed by atoms with Crippen molar-refractivity contribution in [2.24, 2.45) is 12.5 Å². The molecule has 1 amide bonds. The van der Waals surface area contributed by atoms with E-state index in [1.807, 2.05) is 42.1 Å². The molecule has 1 atom stereocenters. The van der Waals surface area contributed by atoms with E-state index in [1.165, 1.54) is 0 Å². The van der Waals surface area contributed by atoms with Crippen LogP contribution >= 0.6 is 0 Å². The number of hydrogen-bond acceptors (Lipinski definition) is 2. The highest BCUT2D eigenvalue weighted by Crippen LogP contribution is 2.32. The van der Waals surface area contributed by atoms with Crippen molar-refractivity contribution in [1.29, 1.82) is 0 Å². The summed E-state index contributed by atoms with van der Waals surface area (Å²) in [5.41, 5.74) is 0.809. The summed E-state index contributed by atoms with van der Waals surface area (Å²) >= 11 is 0. The Hall–Kier alpha value is -2.30. The lowest BCUT2D eigenvalue weighted by atomic mass is 9.90. The summed E-state index contributed by atoms with van der Waals surface area (Å²) in [5.74, 6) is -0.924. The summed E-state index contributed by atoms with van der Waals surface area (Å²) < 4.78 is 1.93. The van der Waals surface area contributed by atoms with Crippen LogP contribution in [0, 0.1) is 5.41 Å². The molecule has 1 fully saturated rings. The lowest BCUT2D eigenvalue weighted by molar-refractivity contribution is -0.147. The zero-order valence-electron chi connectivity index (χ0n) is 12.2. The average Bonchev–Trinajstić information content (AvgIpc) is 3.02. The number of hydrogen-bond donors (Lipinski definition) is 1. The van der Waals surface area contributed by atoms with Crippen molar-refractivity contribution in [3.8, 4) is 0 Å². The molecule has 0 saturated carbocycles. The van der Waals surface area contributed by atoms with Crippen LogP contribution in [0.4, 0.5) is 0 Å². The van der Waals surface area contributed by atoms with Crippen LogP contribution < -0.4 is 0 Å². The minimum atomic E-state index is -0.837. The molecular weight excluding hydrogens is 268 g/mol. The summed E-state index contributed by atoms with van der Waals surface area (Å²) in [7, 11) is 1.91. The smallest absolute Gasteiger partial charge is 0.311 e. The van der Waals surface area contributed by atoms with Crippen LogP contribution in [-0.4, -0.2) is 39.5 Å². The number of carbonyl (C=O) groups excluding carboxylic acids is 1. The van der Waals surface area contributed by atoms with E-state index in [4.69, 9.17) is 0 Å². The Morgan fingerprint density at radius 1 is 1.29 bits per heavy atom. The van der Waals surface area contributed by atoms with Crippen LogP contribution in [0.5, 0.6) is 0 Å². The fourth-order valence-electron chi connectivity index (χ4n) is 2.99. The number of aromatic nitrogens is 1. The Morgan fingerprint density at radius 3 is 2.67 bits per heavy atom. The maximum Gasteiger partial charge on any atom is 0.311 e. The highest BCUT2D eigenvalue weighted by atomic mass is 16.4. The Kier molecular flexibility index (Phi) is 3.01. The minimum Gasteiger partial charge on any atom is -0.481 e. The van der Waals surface area contributed by atoms with E-state index in [-0.39, 0.29) is 12.5 Å². The molecule has 0 aliphatic carbocycles. The molecule has 0 bridgehead atoms. The van der Waals surface area contributed by atoms with Gasteiger partial charge in [-0.15, -0.1) is 0 Å². The average molecular weight is 286 g/mol. The quantitative estimate of drug-likeness (QED) is 0.919. The minimum absolute atomic E-state index is 0.0863. The number of para-hydroxylation sites is 1. The molecule has 1 saturated heterocycles. The summed E-state index contributed by atoms with van der Waals surface area (Å²) in [4.78, 5) is 25.7. The van der Waals surface area contributed by atoms with Crippen molar-refractivity contribution < 1.29 is 14.7 Å². The maximum atomic E-state index is 12.7. The second-order valence-electron chi connectivity index (χ2n) is 6.01. The molecule has 1 N–H and O–H groups in total. The standard InChI is InChI=1S/C16H18N2O3/c1-16(15(20)21)7-8-18(10-16)14(19)12-9-17(2)13-6-4-3-5-11(12)13/h3-6,9H,7-8,10H2,1-2H3,(H,20,21)/t16-/m1/s1. The van der Waals surface area contributed by atoms with Crippen molar-refractivity contribution in [2.45, 2.75) is 13.3 Å². The van der Waals surface area contributed by atoms with Gasteiger partial charge in [-0.2, -0.15) is 0 Å². The molecule has 2 heterocycles. The fraction of sp³-hybridized carbons (Fsp3) is 0.375. The van der Waals surface area contributed by atoms with Crippen molar-refractivity contribution in [2.75, 3.05) is 13.1 Å². The Bertz CT molecular complexity index is 734. The number of carboxylic acids is 1. The van der Waals surface area contributed by atoms with E-state index >= 15 is 0 Å². The molecule has 5 nitrogen and oxygen atoms in total. The van der Waals surface area contributed by atoms with Gasteiger partial charge in [0.25, 0.3) is 5.91 Å². The first-order valence-corrected chi connectivity index (χ1v) is 6.99. The predicted molar refractivity (Wildman–Crippen MR) is 79.2 cm³/mol.